The van der Waals surface area contributed by atoms with Gasteiger partial charge in [-0.1, -0.05) is 30.3 Å². The molecule has 5 nitrogen and oxygen atoms in total. The van der Waals surface area contributed by atoms with Gasteiger partial charge in [-0.25, -0.2) is 9.07 Å². The zero-order chi connectivity index (χ0) is 22.6. The molecule has 33 heavy (non-hydrogen) atoms. The monoisotopic (exact) mass is 446 g/mol. The van der Waals surface area contributed by atoms with E-state index in [4.69, 9.17) is 5.10 Å². The van der Waals surface area contributed by atoms with Crippen LogP contribution in [0.4, 0.5) is 4.39 Å². The fourth-order valence-electron chi connectivity index (χ4n) is 5.05. The van der Waals surface area contributed by atoms with Gasteiger partial charge in [0.15, 0.2) is 0 Å². The van der Waals surface area contributed by atoms with Crippen LogP contribution in [-0.2, 0) is 30.6 Å². The Labute approximate surface area is 194 Å². The molecule has 1 fully saturated rings. The lowest BCUT2D eigenvalue weighted by atomic mass is 10.1. The van der Waals surface area contributed by atoms with Gasteiger partial charge in [0.25, 0.3) is 0 Å². The lowest BCUT2D eigenvalue weighted by Gasteiger charge is -2.34. The van der Waals surface area contributed by atoms with Gasteiger partial charge >= 0.3 is 0 Å². The first-order valence-electron chi connectivity index (χ1n) is 12.1. The smallest absolute Gasteiger partial charge is 0.222 e. The second kappa shape index (κ2) is 9.87. The normalized spacial score (nSPS) is 16.2. The summed E-state index contributed by atoms with van der Waals surface area (Å²) in [7, 11) is 0. The Balaban J connectivity index is 1.15. The topological polar surface area (TPSA) is 41.4 Å². The maximum absolute atomic E-state index is 13.4. The van der Waals surface area contributed by atoms with E-state index in [1.165, 1.54) is 29.0 Å². The molecular weight excluding hydrogens is 415 g/mol. The van der Waals surface area contributed by atoms with Crippen molar-refractivity contribution >= 4 is 5.91 Å². The lowest BCUT2D eigenvalue weighted by molar-refractivity contribution is -0.133. The van der Waals surface area contributed by atoms with Crippen LogP contribution in [0.1, 0.15) is 41.8 Å². The van der Waals surface area contributed by atoms with Gasteiger partial charge in [-0.3, -0.25) is 9.69 Å². The number of nitrogens with zero attached hydrogens (tertiary/aromatic N) is 4. The van der Waals surface area contributed by atoms with Crippen LogP contribution < -0.4 is 0 Å². The van der Waals surface area contributed by atoms with E-state index in [1.54, 1.807) is 12.1 Å². The van der Waals surface area contributed by atoms with Crippen LogP contribution in [0.25, 0.3) is 5.69 Å². The van der Waals surface area contributed by atoms with Crippen LogP contribution in [0.5, 0.6) is 0 Å². The van der Waals surface area contributed by atoms with Crippen LogP contribution in [0.15, 0.2) is 54.6 Å². The number of hydrogen-bond donors (Lipinski definition) is 0. The summed E-state index contributed by atoms with van der Waals surface area (Å²) in [6, 6.07) is 17.0. The van der Waals surface area contributed by atoms with Crippen LogP contribution in [0, 0.1) is 5.82 Å². The van der Waals surface area contributed by atoms with Crippen molar-refractivity contribution in [1.82, 2.24) is 19.6 Å². The number of aryl methyl sites for hydroxylation is 1. The van der Waals surface area contributed by atoms with Crippen molar-refractivity contribution in [2.24, 2.45) is 0 Å². The summed E-state index contributed by atoms with van der Waals surface area (Å²) in [5.41, 5.74) is 5.98. The molecule has 0 saturated carbocycles. The van der Waals surface area contributed by atoms with Crippen molar-refractivity contribution in [3.63, 3.8) is 0 Å². The average molecular weight is 447 g/mol. The number of carbonyl (C=O) groups excluding carboxylic acids is 1. The summed E-state index contributed by atoms with van der Waals surface area (Å²) in [6.07, 6.45) is 5.69. The molecule has 0 bridgehead atoms. The largest absolute Gasteiger partial charge is 0.340 e. The fraction of sp³-hybridized carbons (Fsp3) is 0.407. The van der Waals surface area contributed by atoms with E-state index < -0.39 is 0 Å². The molecule has 172 valence electrons. The van der Waals surface area contributed by atoms with E-state index in [1.807, 2.05) is 15.6 Å². The summed E-state index contributed by atoms with van der Waals surface area (Å²) in [6.45, 7) is 4.13. The summed E-state index contributed by atoms with van der Waals surface area (Å²) in [4.78, 5) is 17.1. The molecular formula is C27H31FN4O. The molecule has 2 aliphatic rings. The predicted octanol–water partition coefficient (Wildman–Crippen LogP) is 4.17. The maximum Gasteiger partial charge on any atom is 0.222 e. The van der Waals surface area contributed by atoms with E-state index in [9.17, 15) is 9.18 Å². The predicted molar refractivity (Wildman–Crippen MR) is 127 cm³/mol. The van der Waals surface area contributed by atoms with E-state index in [0.717, 1.165) is 76.2 Å². The zero-order valence-electron chi connectivity index (χ0n) is 19.0. The highest BCUT2D eigenvalue weighted by Crippen LogP contribution is 2.29. The third kappa shape index (κ3) is 5.01. The molecule has 1 aliphatic heterocycles. The maximum atomic E-state index is 13.4. The average Bonchev–Trinajstić information content (AvgIpc) is 3.45. The Morgan fingerprint density at radius 1 is 0.939 bits per heavy atom. The Hall–Kier alpha value is -2.99. The number of hydrogen-bond acceptors (Lipinski definition) is 3. The third-order valence-electron chi connectivity index (χ3n) is 6.88. The van der Waals surface area contributed by atoms with Gasteiger partial charge in [-0.2, -0.15) is 5.10 Å². The van der Waals surface area contributed by atoms with Gasteiger partial charge in [0.2, 0.25) is 5.91 Å². The van der Waals surface area contributed by atoms with E-state index >= 15 is 0 Å². The number of carbonyl (C=O) groups is 1. The van der Waals surface area contributed by atoms with Gasteiger partial charge in [0.05, 0.1) is 11.4 Å². The quantitative estimate of drug-likeness (QED) is 0.547. The highest BCUT2D eigenvalue weighted by molar-refractivity contribution is 5.76. The summed E-state index contributed by atoms with van der Waals surface area (Å²) < 4.78 is 15.4. The standard InChI is InChI=1S/C27H31FN4O/c28-22-12-14-23(15-13-22)32-26-10-5-9-24(26)25(29-32)20-30-16-18-31(19-17-30)27(33)11-4-8-21-6-2-1-3-7-21/h1-3,6-7,12-15H,4-5,8-11,16-20H2. The fourth-order valence-corrected chi connectivity index (χ4v) is 5.05. The van der Waals surface area contributed by atoms with Gasteiger partial charge in [-0.15, -0.1) is 0 Å². The molecule has 1 amide bonds. The Kier molecular flexibility index (Phi) is 6.53. The second-order valence-corrected chi connectivity index (χ2v) is 9.11. The number of benzene rings is 2. The van der Waals surface area contributed by atoms with E-state index in [2.05, 4.69) is 29.2 Å². The molecule has 1 aromatic heterocycles. The Bertz CT molecular complexity index is 1090. The van der Waals surface area contributed by atoms with Crippen LogP contribution >= 0.6 is 0 Å². The van der Waals surface area contributed by atoms with Crippen molar-refractivity contribution in [2.45, 2.75) is 45.1 Å². The number of amides is 1. The van der Waals surface area contributed by atoms with Gasteiger partial charge in [0.1, 0.15) is 5.82 Å². The molecule has 0 atom stereocenters. The van der Waals surface area contributed by atoms with E-state index in [0.29, 0.717) is 6.42 Å². The van der Waals surface area contributed by atoms with E-state index in [-0.39, 0.29) is 11.7 Å². The second-order valence-electron chi connectivity index (χ2n) is 9.11. The highest BCUT2D eigenvalue weighted by Gasteiger charge is 2.26. The minimum atomic E-state index is -0.227. The van der Waals surface area contributed by atoms with Crippen molar-refractivity contribution in [3.8, 4) is 5.69 Å². The van der Waals surface area contributed by atoms with Crippen molar-refractivity contribution in [2.75, 3.05) is 26.2 Å². The minimum absolute atomic E-state index is 0.227. The molecule has 1 aliphatic carbocycles. The van der Waals surface area contributed by atoms with Gasteiger partial charge in [-0.05, 0) is 67.5 Å². The molecule has 3 aromatic rings. The van der Waals surface area contributed by atoms with Crippen molar-refractivity contribution < 1.29 is 9.18 Å². The molecule has 0 spiro atoms. The van der Waals surface area contributed by atoms with Crippen molar-refractivity contribution in [1.29, 1.82) is 0 Å². The van der Waals surface area contributed by atoms with Gasteiger partial charge < -0.3 is 4.90 Å². The lowest BCUT2D eigenvalue weighted by Crippen LogP contribution is -2.48. The highest BCUT2D eigenvalue weighted by atomic mass is 19.1. The molecule has 0 radical (unpaired) electrons. The Morgan fingerprint density at radius 2 is 1.70 bits per heavy atom. The number of rotatable bonds is 7. The summed E-state index contributed by atoms with van der Waals surface area (Å²) in [5.74, 6) is 0.0438. The first-order chi connectivity index (χ1) is 16.2. The molecule has 0 unspecified atom stereocenters. The number of fused-ring (bicyclic) bond motifs is 1. The summed E-state index contributed by atoms with van der Waals surface area (Å²) in [5, 5.41) is 4.92. The number of piperazine rings is 1. The van der Waals surface area contributed by atoms with Crippen LogP contribution in [0.3, 0.4) is 0 Å². The Morgan fingerprint density at radius 3 is 2.45 bits per heavy atom. The van der Waals surface area contributed by atoms with Crippen LogP contribution in [0.2, 0.25) is 0 Å². The summed E-state index contributed by atoms with van der Waals surface area (Å²) >= 11 is 0. The molecule has 2 aromatic carbocycles. The minimum Gasteiger partial charge on any atom is -0.340 e. The zero-order valence-corrected chi connectivity index (χ0v) is 19.0. The third-order valence-corrected chi connectivity index (χ3v) is 6.88. The molecule has 5 rings (SSSR count). The molecule has 2 heterocycles. The molecule has 6 heteroatoms. The molecule has 1 saturated heterocycles. The van der Waals surface area contributed by atoms with Gasteiger partial charge in [0, 0.05) is 44.8 Å². The number of halogens is 1. The first-order valence-corrected chi connectivity index (χ1v) is 12.1. The SMILES string of the molecule is O=C(CCCc1ccccc1)N1CCN(Cc2nn(-c3ccc(F)cc3)c3c2CCC3)CC1. The van der Waals surface area contributed by atoms with Crippen molar-refractivity contribution in [3.05, 3.63) is 82.9 Å². The first kappa shape index (κ1) is 21.8. The molecule has 0 N–H and O–H groups in total. The number of aromatic nitrogens is 2. The van der Waals surface area contributed by atoms with Crippen LogP contribution in [-0.4, -0.2) is 51.7 Å².